The number of hydrogen-bond donors (Lipinski definition) is 4. The van der Waals surface area contributed by atoms with Crippen LogP contribution >= 0.6 is 0 Å². The van der Waals surface area contributed by atoms with E-state index < -0.39 is 6.04 Å². The Kier molecular flexibility index (Phi) is 8.44. The Morgan fingerprint density at radius 2 is 1.67 bits per heavy atom. The van der Waals surface area contributed by atoms with Crippen LogP contribution in [0.2, 0.25) is 0 Å². The normalized spacial score (nSPS) is 14.6. The van der Waals surface area contributed by atoms with Crippen LogP contribution in [-0.2, 0) is 11.3 Å². The van der Waals surface area contributed by atoms with Gasteiger partial charge in [-0.1, -0.05) is 67.2 Å². The minimum absolute atomic E-state index is 0.222. The van der Waals surface area contributed by atoms with Crippen LogP contribution in [0.5, 0.6) is 0 Å². The van der Waals surface area contributed by atoms with Crippen LogP contribution in [0.25, 0.3) is 0 Å². The second kappa shape index (κ2) is 12.5. The number of likely N-dealkylation sites (N-methyl/N-ethyl adjacent to an activating group) is 1. The molecule has 1 aliphatic heterocycles. The van der Waals surface area contributed by atoms with Crippen LogP contribution in [0, 0.1) is 0 Å². The van der Waals surface area contributed by atoms with E-state index in [-0.39, 0.29) is 30.4 Å². The summed E-state index contributed by atoms with van der Waals surface area (Å²) < 4.78 is 0. The molecule has 4 aromatic rings. The van der Waals surface area contributed by atoms with Gasteiger partial charge in [0.15, 0.2) is 5.82 Å². The Bertz CT molecular complexity index is 1570. The van der Waals surface area contributed by atoms with Gasteiger partial charge in [0.05, 0.1) is 18.3 Å². The molecule has 4 N–H and O–H groups in total. The number of H-pyrrole nitrogens is 1. The van der Waals surface area contributed by atoms with E-state index in [4.69, 9.17) is 0 Å². The van der Waals surface area contributed by atoms with Crippen molar-refractivity contribution in [2.45, 2.75) is 18.6 Å². The number of rotatable bonds is 9. The number of amides is 4. The summed E-state index contributed by atoms with van der Waals surface area (Å²) in [6, 6.07) is 25.3. The van der Waals surface area contributed by atoms with Crippen LogP contribution in [0.1, 0.15) is 44.8 Å². The molecule has 5 rings (SSSR count). The molecule has 2 atom stereocenters. The van der Waals surface area contributed by atoms with E-state index in [0.29, 0.717) is 23.6 Å². The minimum atomic E-state index is -0.414. The molecule has 1 aromatic heterocycles. The van der Waals surface area contributed by atoms with Crippen molar-refractivity contribution < 1.29 is 14.4 Å². The molecule has 0 aliphatic carbocycles. The number of urea groups is 1. The van der Waals surface area contributed by atoms with E-state index in [1.54, 1.807) is 29.2 Å². The molecular formula is C32H33N7O3. The monoisotopic (exact) mass is 563 g/mol. The van der Waals surface area contributed by atoms with Crippen LogP contribution in [0.15, 0.2) is 97.6 Å². The van der Waals surface area contributed by atoms with Crippen LogP contribution in [0.3, 0.4) is 0 Å². The van der Waals surface area contributed by atoms with Gasteiger partial charge in [0, 0.05) is 23.4 Å². The molecule has 0 bridgehead atoms. The van der Waals surface area contributed by atoms with Gasteiger partial charge >= 0.3 is 6.03 Å². The standard InChI is InChI=1S/C32H33N7O3/c1-4-27(40)33-24-17-15-23(16-18-24)31(41)35-30-25-19-39(29(28(25)36-37-30)22-13-9-6-10-14-22)32(42)34-26(20-38(2)3)21-11-7-5-8-12-21/h4-18,26,29H,1,19-20H2,2-3H3,(H,33,40)(H,34,42)(H2,35,36,37,41)/t26?,29-/m0/s1. The van der Waals surface area contributed by atoms with Gasteiger partial charge in [0.1, 0.15) is 6.04 Å². The molecule has 1 aliphatic rings. The number of aromatic nitrogens is 2. The summed E-state index contributed by atoms with van der Waals surface area (Å²) in [4.78, 5) is 42.3. The molecule has 0 fully saturated rings. The topological polar surface area (TPSA) is 122 Å². The molecule has 4 amide bonds. The molecule has 42 heavy (non-hydrogen) atoms. The van der Waals surface area contributed by atoms with E-state index in [9.17, 15) is 14.4 Å². The first-order valence-corrected chi connectivity index (χ1v) is 13.6. The molecule has 0 radical (unpaired) electrons. The third-order valence-corrected chi connectivity index (χ3v) is 7.07. The van der Waals surface area contributed by atoms with Gasteiger partial charge in [0.25, 0.3) is 5.91 Å². The van der Waals surface area contributed by atoms with Gasteiger partial charge in [-0.05, 0) is 55.6 Å². The Morgan fingerprint density at radius 1 is 1.00 bits per heavy atom. The van der Waals surface area contributed by atoms with Gasteiger partial charge < -0.3 is 25.8 Å². The van der Waals surface area contributed by atoms with Gasteiger partial charge in [0.2, 0.25) is 5.91 Å². The largest absolute Gasteiger partial charge is 0.330 e. The van der Waals surface area contributed by atoms with Gasteiger partial charge in [-0.15, -0.1) is 0 Å². The number of aromatic amines is 1. The summed E-state index contributed by atoms with van der Waals surface area (Å²) in [5.74, 6) is -0.332. The lowest BCUT2D eigenvalue weighted by Gasteiger charge is -2.29. The first-order valence-electron chi connectivity index (χ1n) is 13.6. The van der Waals surface area contributed by atoms with Gasteiger partial charge in [-0.3, -0.25) is 14.7 Å². The zero-order valence-corrected chi connectivity index (χ0v) is 23.5. The quantitative estimate of drug-likeness (QED) is 0.220. The maximum atomic E-state index is 13.9. The number of anilines is 2. The smallest absolute Gasteiger partial charge is 0.319 e. The second-order valence-corrected chi connectivity index (χ2v) is 10.3. The van der Waals surface area contributed by atoms with E-state index in [0.717, 1.165) is 22.4 Å². The molecule has 10 nitrogen and oxygen atoms in total. The number of nitrogens with one attached hydrogen (secondary N) is 4. The number of nitrogens with zero attached hydrogens (tertiary/aromatic N) is 3. The highest BCUT2D eigenvalue weighted by Gasteiger charge is 2.39. The number of carbonyl (C=O) groups is 3. The van der Waals surface area contributed by atoms with Gasteiger partial charge in [-0.25, -0.2) is 4.79 Å². The Morgan fingerprint density at radius 3 is 2.31 bits per heavy atom. The average molecular weight is 564 g/mol. The third kappa shape index (κ3) is 6.24. The summed E-state index contributed by atoms with van der Waals surface area (Å²) >= 11 is 0. The highest BCUT2D eigenvalue weighted by Crippen LogP contribution is 2.40. The molecule has 1 unspecified atom stereocenters. The Balaban J connectivity index is 1.38. The van der Waals surface area contributed by atoms with Gasteiger partial charge in [-0.2, -0.15) is 5.10 Å². The first-order chi connectivity index (χ1) is 20.3. The lowest BCUT2D eigenvalue weighted by molar-refractivity contribution is -0.111. The molecule has 214 valence electrons. The molecule has 0 saturated heterocycles. The molecule has 0 saturated carbocycles. The predicted octanol–water partition coefficient (Wildman–Crippen LogP) is 4.70. The van der Waals surface area contributed by atoms with E-state index >= 15 is 0 Å². The van der Waals surface area contributed by atoms with Crippen molar-refractivity contribution in [3.63, 3.8) is 0 Å². The second-order valence-electron chi connectivity index (χ2n) is 10.3. The van der Waals surface area contributed by atoms with Crippen LogP contribution in [-0.4, -0.2) is 58.5 Å². The maximum Gasteiger partial charge on any atom is 0.319 e. The lowest BCUT2D eigenvalue weighted by Crippen LogP contribution is -2.43. The van der Waals surface area contributed by atoms with Crippen molar-refractivity contribution in [2.24, 2.45) is 0 Å². The first kappa shape index (κ1) is 28.3. The van der Waals surface area contributed by atoms with Crippen molar-refractivity contribution in [1.82, 2.24) is 25.3 Å². The number of hydrogen-bond acceptors (Lipinski definition) is 5. The lowest BCUT2D eigenvalue weighted by atomic mass is 10.0. The summed E-state index contributed by atoms with van der Waals surface area (Å²) in [7, 11) is 3.95. The molecule has 10 heteroatoms. The molecule has 3 aromatic carbocycles. The number of fused-ring (bicyclic) bond motifs is 1. The number of carbonyl (C=O) groups excluding carboxylic acids is 3. The summed E-state index contributed by atoms with van der Waals surface area (Å²) in [5.41, 5.74) is 4.37. The van der Waals surface area contributed by atoms with E-state index in [1.807, 2.05) is 79.7 Å². The van der Waals surface area contributed by atoms with Crippen LogP contribution in [0.4, 0.5) is 16.3 Å². The van der Waals surface area contributed by atoms with E-state index in [2.05, 4.69) is 32.7 Å². The summed E-state index contributed by atoms with van der Waals surface area (Å²) in [5, 5.41) is 16.2. The highest BCUT2D eigenvalue weighted by atomic mass is 16.2. The molecule has 2 heterocycles. The SMILES string of the molecule is C=CC(=O)Nc1ccc(C(=O)Nc2n[nH]c3c2CN(C(=O)NC(CN(C)C)c2ccccc2)[C@H]3c2ccccc2)cc1. The van der Waals surface area contributed by atoms with Crippen molar-refractivity contribution in [1.29, 1.82) is 0 Å². The van der Waals surface area contributed by atoms with Crippen molar-refractivity contribution >= 4 is 29.4 Å². The molecular weight excluding hydrogens is 530 g/mol. The Labute approximate surface area is 244 Å². The maximum absolute atomic E-state index is 13.9. The summed E-state index contributed by atoms with van der Waals surface area (Å²) in [6.07, 6.45) is 1.18. The average Bonchev–Trinajstić information content (AvgIpc) is 3.57. The molecule has 0 spiro atoms. The zero-order chi connectivity index (χ0) is 29.6. The third-order valence-electron chi connectivity index (χ3n) is 7.07. The summed E-state index contributed by atoms with van der Waals surface area (Å²) in [6.45, 7) is 4.32. The van der Waals surface area contributed by atoms with E-state index in [1.165, 1.54) is 6.08 Å². The fourth-order valence-corrected chi connectivity index (χ4v) is 5.05. The van der Waals surface area contributed by atoms with Crippen molar-refractivity contribution in [3.8, 4) is 0 Å². The predicted molar refractivity (Wildman–Crippen MR) is 162 cm³/mol. The van der Waals surface area contributed by atoms with Crippen molar-refractivity contribution in [2.75, 3.05) is 31.3 Å². The van der Waals surface area contributed by atoms with Crippen molar-refractivity contribution in [3.05, 3.63) is 126 Å². The zero-order valence-electron chi connectivity index (χ0n) is 23.5. The minimum Gasteiger partial charge on any atom is -0.330 e. The number of benzene rings is 3. The fraction of sp³-hybridized carbons (Fsp3) is 0.188. The van der Waals surface area contributed by atoms with Crippen LogP contribution < -0.4 is 16.0 Å². The Hall–Kier alpha value is -5.22. The fourth-order valence-electron chi connectivity index (χ4n) is 5.05. The highest BCUT2D eigenvalue weighted by molar-refractivity contribution is 6.05.